The molecule has 0 bridgehead atoms. The molecule has 1 N–H and O–H groups in total. The van der Waals surface area contributed by atoms with Crippen LogP contribution < -0.4 is 0 Å². The average Bonchev–Trinajstić information content (AvgIpc) is 2.30. The highest BCUT2D eigenvalue weighted by Crippen LogP contribution is 2.21. The van der Waals surface area contributed by atoms with Crippen LogP contribution in [0.5, 0.6) is 0 Å². The van der Waals surface area contributed by atoms with Crippen molar-refractivity contribution >= 4 is 11.8 Å². The lowest BCUT2D eigenvalue weighted by Crippen LogP contribution is -2.32. The fourth-order valence-corrected chi connectivity index (χ4v) is 1.47. The highest BCUT2D eigenvalue weighted by Gasteiger charge is 2.32. The Morgan fingerprint density at radius 3 is 2.25 bits per heavy atom. The smallest absolute Gasteiger partial charge is 0.316 e. The lowest BCUT2D eigenvalue weighted by molar-refractivity contribution is -0.148. The van der Waals surface area contributed by atoms with E-state index in [4.69, 9.17) is 0 Å². The van der Waals surface area contributed by atoms with Gasteiger partial charge < -0.3 is 9.84 Å². The quantitative estimate of drug-likeness (QED) is 0.768. The molecule has 16 heavy (non-hydrogen) atoms. The Balaban J connectivity index is 3.06. The largest absolute Gasteiger partial charge is 0.468 e. The predicted molar refractivity (Wildman–Crippen MR) is 57.9 cm³/mol. The van der Waals surface area contributed by atoms with E-state index in [2.05, 4.69) is 4.74 Å². The fourth-order valence-electron chi connectivity index (χ4n) is 1.47. The van der Waals surface area contributed by atoms with Gasteiger partial charge in [0.15, 0.2) is 5.78 Å². The summed E-state index contributed by atoms with van der Waals surface area (Å²) in [7, 11) is 1.23. The van der Waals surface area contributed by atoms with Crippen LogP contribution >= 0.6 is 0 Å². The van der Waals surface area contributed by atoms with Crippen LogP contribution in [0.4, 0.5) is 0 Å². The number of aliphatic hydroxyl groups excluding tert-OH is 1. The zero-order valence-corrected chi connectivity index (χ0v) is 9.21. The van der Waals surface area contributed by atoms with Gasteiger partial charge in [-0.3, -0.25) is 9.59 Å². The summed E-state index contributed by atoms with van der Waals surface area (Å²) in [5.74, 6) is -2.03. The average molecular weight is 222 g/mol. The van der Waals surface area contributed by atoms with E-state index < -0.39 is 23.8 Å². The van der Waals surface area contributed by atoms with Gasteiger partial charge in [-0.25, -0.2) is 0 Å². The maximum absolute atomic E-state index is 11.5. The molecule has 0 saturated heterocycles. The van der Waals surface area contributed by atoms with Crippen molar-refractivity contribution in [2.75, 3.05) is 7.11 Å². The number of benzene rings is 1. The lowest BCUT2D eigenvalue weighted by Gasteiger charge is -2.18. The number of ketones is 1. The van der Waals surface area contributed by atoms with Gasteiger partial charge in [0.25, 0.3) is 0 Å². The minimum absolute atomic E-state index is 0.459. The number of ether oxygens (including phenoxy) is 1. The van der Waals surface area contributed by atoms with Crippen LogP contribution in [-0.4, -0.2) is 30.1 Å². The van der Waals surface area contributed by atoms with E-state index >= 15 is 0 Å². The summed E-state index contributed by atoms with van der Waals surface area (Å²) < 4.78 is 4.59. The number of hydrogen-bond donors (Lipinski definition) is 1. The van der Waals surface area contributed by atoms with Crippen LogP contribution in [0.15, 0.2) is 30.3 Å². The van der Waals surface area contributed by atoms with Gasteiger partial charge in [-0.15, -0.1) is 0 Å². The molecule has 0 aromatic heterocycles. The maximum atomic E-state index is 11.5. The van der Waals surface area contributed by atoms with Crippen LogP contribution in [0.2, 0.25) is 0 Å². The minimum Gasteiger partial charge on any atom is -0.468 e. The van der Waals surface area contributed by atoms with Crippen LogP contribution in [0, 0.1) is 0 Å². The van der Waals surface area contributed by atoms with Crippen molar-refractivity contribution < 1.29 is 19.4 Å². The molecule has 0 fully saturated rings. The van der Waals surface area contributed by atoms with Crippen molar-refractivity contribution in [3.8, 4) is 0 Å². The van der Waals surface area contributed by atoms with Gasteiger partial charge in [-0.05, 0) is 12.5 Å². The maximum Gasteiger partial charge on any atom is 0.316 e. The summed E-state index contributed by atoms with van der Waals surface area (Å²) in [5.41, 5.74) is 0.567. The molecular formula is C12H14O4. The highest BCUT2D eigenvalue weighted by molar-refractivity contribution is 5.90. The van der Waals surface area contributed by atoms with Gasteiger partial charge in [-0.1, -0.05) is 30.3 Å². The number of rotatable bonds is 4. The monoisotopic (exact) mass is 222 g/mol. The van der Waals surface area contributed by atoms with Crippen LogP contribution in [0.3, 0.4) is 0 Å². The van der Waals surface area contributed by atoms with Crippen molar-refractivity contribution in [3.63, 3.8) is 0 Å². The first-order chi connectivity index (χ1) is 7.57. The number of aliphatic hydroxyl groups is 1. The second kappa shape index (κ2) is 5.42. The molecular weight excluding hydrogens is 208 g/mol. The SMILES string of the molecule is COC(=O)[C@H](c1ccccc1)[C@@H](O)C(C)=O. The van der Waals surface area contributed by atoms with E-state index in [-0.39, 0.29) is 0 Å². The van der Waals surface area contributed by atoms with E-state index in [1.54, 1.807) is 30.3 Å². The molecule has 0 radical (unpaired) electrons. The third-order valence-corrected chi connectivity index (χ3v) is 2.35. The van der Waals surface area contributed by atoms with E-state index in [1.165, 1.54) is 14.0 Å². The standard InChI is InChI=1S/C12H14O4/c1-8(13)11(14)10(12(15)16-2)9-6-4-3-5-7-9/h3-7,10-11,14H,1-2H3/t10-,11+/m1/s1. The predicted octanol–water partition coefficient (Wildman–Crippen LogP) is 0.893. The number of hydrogen-bond acceptors (Lipinski definition) is 4. The molecule has 0 amide bonds. The highest BCUT2D eigenvalue weighted by atomic mass is 16.5. The number of methoxy groups -OCH3 is 1. The first-order valence-electron chi connectivity index (χ1n) is 4.89. The van der Waals surface area contributed by atoms with Crippen LogP contribution in [0.1, 0.15) is 18.4 Å². The van der Waals surface area contributed by atoms with Gasteiger partial charge in [-0.2, -0.15) is 0 Å². The first-order valence-corrected chi connectivity index (χ1v) is 4.89. The lowest BCUT2D eigenvalue weighted by atomic mass is 9.91. The molecule has 0 aliphatic rings. The van der Waals surface area contributed by atoms with Gasteiger partial charge in [0.2, 0.25) is 0 Å². The van der Waals surface area contributed by atoms with Crippen LogP contribution in [-0.2, 0) is 14.3 Å². The van der Waals surface area contributed by atoms with Crippen molar-refractivity contribution in [3.05, 3.63) is 35.9 Å². The fraction of sp³-hybridized carbons (Fsp3) is 0.333. The Morgan fingerprint density at radius 1 is 1.25 bits per heavy atom. The third-order valence-electron chi connectivity index (χ3n) is 2.35. The van der Waals surface area contributed by atoms with Crippen LogP contribution in [0.25, 0.3) is 0 Å². The number of carbonyl (C=O) groups excluding carboxylic acids is 2. The zero-order chi connectivity index (χ0) is 12.1. The van der Waals surface area contributed by atoms with Gasteiger partial charge in [0, 0.05) is 0 Å². The Morgan fingerprint density at radius 2 is 1.81 bits per heavy atom. The molecule has 1 aromatic carbocycles. The van der Waals surface area contributed by atoms with Gasteiger partial charge in [0.1, 0.15) is 12.0 Å². The first kappa shape index (κ1) is 12.4. The molecule has 4 nitrogen and oxygen atoms in total. The minimum atomic E-state index is -1.37. The Labute approximate surface area is 93.9 Å². The Bertz CT molecular complexity index is 372. The summed E-state index contributed by atoms with van der Waals surface area (Å²) in [5, 5.41) is 9.69. The summed E-state index contributed by atoms with van der Waals surface area (Å²) in [4.78, 5) is 22.6. The van der Waals surface area contributed by atoms with Gasteiger partial charge in [0.05, 0.1) is 7.11 Å². The summed E-state index contributed by atoms with van der Waals surface area (Å²) in [6.45, 7) is 1.24. The summed E-state index contributed by atoms with van der Waals surface area (Å²) >= 11 is 0. The summed E-state index contributed by atoms with van der Waals surface area (Å²) in [6.07, 6.45) is -1.37. The number of esters is 1. The van der Waals surface area contributed by atoms with Crippen molar-refractivity contribution in [2.45, 2.75) is 18.9 Å². The van der Waals surface area contributed by atoms with E-state index in [9.17, 15) is 14.7 Å². The van der Waals surface area contributed by atoms with E-state index in [0.717, 1.165) is 0 Å². The molecule has 0 heterocycles. The van der Waals surface area contributed by atoms with Crippen molar-refractivity contribution in [2.24, 2.45) is 0 Å². The van der Waals surface area contributed by atoms with E-state index in [1.807, 2.05) is 0 Å². The van der Waals surface area contributed by atoms with Crippen molar-refractivity contribution in [1.29, 1.82) is 0 Å². The second-order valence-electron chi connectivity index (χ2n) is 3.47. The second-order valence-corrected chi connectivity index (χ2v) is 3.47. The molecule has 1 rings (SSSR count). The molecule has 4 heteroatoms. The van der Waals surface area contributed by atoms with E-state index in [0.29, 0.717) is 5.56 Å². The number of carbonyl (C=O) groups is 2. The molecule has 0 spiro atoms. The number of Topliss-reactive ketones (excluding diaryl/α,β-unsaturated/α-hetero) is 1. The van der Waals surface area contributed by atoms with Gasteiger partial charge >= 0.3 is 5.97 Å². The molecule has 0 aliphatic heterocycles. The normalized spacial score (nSPS) is 13.9. The molecule has 0 saturated carbocycles. The molecule has 2 atom stereocenters. The Hall–Kier alpha value is -1.68. The molecule has 86 valence electrons. The summed E-state index contributed by atoms with van der Waals surface area (Å²) in [6, 6.07) is 8.61. The molecule has 0 unspecified atom stereocenters. The molecule has 1 aromatic rings. The van der Waals surface area contributed by atoms with Crippen molar-refractivity contribution in [1.82, 2.24) is 0 Å². The third kappa shape index (κ3) is 2.67. The molecule has 0 aliphatic carbocycles. The zero-order valence-electron chi connectivity index (χ0n) is 9.21. The topological polar surface area (TPSA) is 63.6 Å². The Kier molecular flexibility index (Phi) is 4.19.